The molecule has 0 bridgehead atoms. The lowest BCUT2D eigenvalue weighted by atomic mass is 10.1. The normalized spacial score (nSPS) is 26.5. The van der Waals surface area contributed by atoms with E-state index in [0.717, 1.165) is 17.3 Å². The summed E-state index contributed by atoms with van der Waals surface area (Å²) in [5.41, 5.74) is 0. The lowest BCUT2D eigenvalue weighted by Crippen LogP contribution is -2.50. The van der Waals surface area contributed by atoms with Gasteiger partial charge in [-0.2, -0.15) is 0 Å². The van der Waals surface area contributed by atoms with Gasteiger partial charge in [0.15, 0.2) is 0 Å². The zero-order valence-corrected chi connectivity index (χ0v) is 12.8. The van der Waals surface area contributed by atoms with Crippen molar-refractivity contribution in [3.05, 3.63) is 0 Å². The van der Waals surface area contributed by atoms with E-state index in [-0.39, 0.29) is 0 Å². The summed E-state index contributed by atoms with van der Waals surface area (Å²) in [5, 5.41) is 1.16. The van der Waals surface area contributed by atoms with Crippen LogP contribution in [0.15, 0.2) is 0 Å². The minimum absolute atomic E-state index is 0.841. The number of hydrogen-bond acceptors (Lipinski definition) is 2. The molecule has 1 aliphatic heterocycles. The van der Waals surface area contributed by atoms with Gasteiger partial charge in [0, 0.05) is 44.1 Å². The minimum Gasteiger partial charge on any atom is -0.300 e. The van der Waals surface area contributed by atoms with Gasteiger partial charge in [0.05, 0.1) is 0 Å². The number of nitrogens with zero attached hydrogens (tertiary/aromatic N) is 2. The van der Waals surface area contributed by atoms with Crippen LogP contribution in [0.3, 0.4) is 0 Å². The topological polar surface area (TPSA) is 6.48 Å². The summed E-state index contributed by atoms with van der Waals surface area (Å²) in [6, 6.07) is 0.926. The third-order valence-electron chi connectivity index (χ3n) is 4.56. The Morgan fingerprint density at radius 2 is 1.76 bits per heavy atom. The Hall–Kier alpha value is 0.400. The first kappa shape index (κ1) is 13.8. The highest BCUT2D eigenvalue weighted by atomic mass is 79.9. The minimum atomic E-state index is 0.841. The Balaban J connectivity index is 1.70. The molecule has 1 aliphatic carbocycles. The maximum Gasteiger partial charge on any atom is 0.0113 e. The zero-order valence-electron chi connectivity index (χ0n) is 11.2. The molecular formula is C14H27BrN2. The fourth-order valence-corrected chi connectivity index (χ4v) is 3.90. The number of piperazine rings is 1. The summed E-state index contributed by atoms with van der Waals surface area (Å²) in [6.07, 6.45) is 7.14. The quantitative estimate of drug-likeness (QED) is 0.721. The summed E-state index contributed by atoms with van der Waals surface area (Å²) < 4.78 is 0. The average Bonchev–Trinajstić information content (AvgIpc) is 2.90. The van der Waals surface area contributed by atoms with Gasteiger partial charge in [0.25, 0.3) is 0 Å². The van der Waals surface area contributed by atoms with Crippen LogP contribution in [-0.4, -0.2) is 53.9 Å². The molecule has 0 radical (unpaired) electrons. The zero-order chi connectivity index (χ0) is 12.1. The number of alkyl halides is 1. The van der Waals surface area contributed by atoms with Crippen molar-refractivity contribution >= 4 is 15.9 Å². The molecule has 2 aliphatic rings. The van der Waals surface area contributed by atoms with Crippen molar-refractivity contribution in [2.75, 3.05) is 38.1 Å². The molecule has 1 heterocycles. The van der Waals surface area contributed by atoms with Crippen LogP contribution >= 0.6 is 15.9 Å². The molecule has 2 nitrogen and oxygen atoms in total. The first-order valence-corrected chi connectivity index (χ1v) is 8.48. The second-order valence-corrected chi connectivity index (χ2v) is 6.35. The van der Waals surface area contributed by atoms with Crippen LogP contribution in [0, 0.1) is 5.92 Å². The molecule has 1 saturated heterocycles. The molecule has 100 valence electrons. The van der Waals surface area contributed by atoms with E-state index in [0.29, 0.717) is 0 Å². The molecule has 0 amide bonds. The molecular weight excluding hydrogens is 276 g/mol. The Kier molecular flexibility index (Phi) is 5.78. The predicted octanol–water partition coefficient (Wildman–Crippen LogP) is 2.97. The molecule has 1 atom stereocenters. The van der Waals surface area contributed by atoms with Crippen molar-refractivity contribution in [2.24, 2.45) is 5.92 Å². The summed E-state index contributed by atoms with van der Waals surface area (Å²) in [6.45, 7) is 8.80. The molecule has 1 saturated carbocycles. The van der Waals surface area contributed by atoms with Gasteiger partial charge >= 0.3 is 0 Å². The Bertz CT molecular complexity index is 204. The van der Waals surface area contributed by atoms with Crippen molar-refractivity contribution in [3.8, 4) is 0 Å². The SMILES string of the molecule is CCC(CBr)CN1CCN(C2CCCC2)CC1. The van der Waals surface area contributed by atoms with Crippen LogP contribution in [0.1, 0.15) is 39.0 Å². The van der Waals surface area contributed by atoms with Crippen molar-refractivity contribution in [1.29, 1.82) is 0 Å². The summed E-state index contributed by atoms with van der Waals surface area (Å²) in [7, 11) is 0. The van der Waals surface area contributed by atoms with Gasteiger partial charge in [-0.3, -0.25) is 4.90 Å². The van der Waals surface area contributed by atoms with Crippen molar-refractivity contribution in [1.82, 2.24) is 9.80 Å². The second-order valence-electron chi connectivity index (χ2n) is 5.70. The summed E-state index contributed by atoms with van der Waals surface area (Å²) in [4.78, 5) is 5.42. The number of halogens is 1. The molecule has 2 fully saturated rings. The second kappa shape index (κ2) is 7.10. The van der Waals surface area contributed by atoms with Gasteiger partial charge in [-0.15, -0.1) is 0 Å². The highest BCUT2D eigenvalue weighted by Gasteiger charge is 2.26. The van der Waals surface area contributed by atoms with Gasteiger partial charge in [0.2, 0.25) is 0 Å². The lowest BCUT2D eigenvalue weighted by molar-refractivity contribution is 0.0894. The van der Waals surface area contributed by atoms with E-state index in [9.17, 15) is 0 Å². The molecule has 3 heteroatoms. The average molecular weight is 303 g/mol. The van der Waals surface area contributed by atoms with E-state index in [1.54, 1.807) is 0 Å². The van der Waals surface area contributed by atoms with Crippen LogP contribution in [0.2, 0.25) is 0 Å². The monoisotopic (exact) mass is 302 g/mol. The smallest absolute Gasteiger partial charge is 0.0113 e. The number of rotatable bonds is 5. The van der Waals surface area contributed by atoms with E-state index < -0.39 is 0 Å². The molecule has 17 heavy (non-hydrogen) atoms. The van der Waals surface area contributed by atoms with Crippen LogP contribution in [0.4, 0.5) is 0 Å². The van der Waals surface area contributed by atoms with Crippen molar-refractivity contribution in [2.45, 2.75) is 45.1 Å². The Morgan fingerprint density at radius 1 is 1.12 bits per heavy atom. The fourth-order valence-electron chi connectivity index (χ4n) is 3.23. The maximum atomic E-state index is 3.63. The molecule has 0 aromatic carbocycles. The standard InChI is InChI=1S/C14H27BrN2/c1-2-13(11-15)12-16-7-9-17(10-8-16)14-5-3-4-6-14/h13-14H,2-12H2,1H3. The van der Waals surface area contributed by atoms with Crippen LogP contribution in [-0.2, 0) is 0 Å². The maximum absolute atomic E-state index is 3.63. The molecule has 0 aromatic rings. The van der Waals surface area contributed by atoms with Crippen molar-refractivity contribution in [3.63, 3.8) is 0 Å². The largest absolute Gasteiger partial charge is 0.300 e. The Morgan fingerprint density at radius 3 is 2.29 bits per heavy atom. The fraction of sp³-hybridized carbons (Fsp3) is 1.00. The molecule has 2 rings (SSSR count). The van der Waals surface area contributed by atoms with Crippen LogP contribution in [0.25, 0.3) is 0 Å². The Labute approximate surface area is 115 Å². The molecule has 1 unspecified atom stereocenters. The van der Waals surface area contributed by atoms with E-state index in [1.807, 2.05) is 0 Å². The van der Waals surface area contributed by atoms with Gasteiger partial charge in [-0.05, 0) is 18.8 Å². The first-order chi connectivity index (χ1) is 8.33. The third kappa shape index (κ3) is 3.93. The van der Waals surface area contributed by atoms with Gasteiger partial charge in [0.1, 0.15) is 0 Å². The van der Waals surface area contributed by atoms with Crippen LogP contribution < -0.4 is 0 Å². The summed E-state index contributed by atoms with van der Waals surface area (Å²) >= 11 is 3.63. The summed E-state index contributed by atoms with van der Waals surface area (Å²) in [5.74, 6) is 0.841. The highest BCUT2D eigenvalue weighted by Crippen LogP contribution is 2.24. The van der Waals surface area contributed by atoms with E-state index in [4.69, 9.17) is 0 Å². The lowest BCUT2D eigenvalue weighted by Gasteiger charge is -2.39. The van der Waals surface area contributed by atoms with Gasteiger partial charge < -0.3 is 4.90 Å². The van der Waals surface area contributed by atoms with Gasteiger partial charge in [-0.25, -0.2) is 0 Å². The molecule has 0 spiro atoms. The van der Waals surface area contributed by atoms with E-state index in [1.165, 1.54) is 64.8 Å². The van der Waals surface area contributed by atoms with Crippen LogP contribution in [0.5, 0.6) is 0 Å². The van der Waals surface area contributed by atoms with E-state index >= 15 is 0 Å². The number of hydrogen-bond donors (Lipinski definition) is 0. The van der Waals surface area contributed by atoms with Crippen molar-refractivity contribution < 1.29 is 0 Å². The molecule has 0 aromatic heterocycles. The predicted molar refractivity (Wildman–Crippen MR) is 77.8 cm³/mol. The van der Waals surface area contributed by atoms with E-state index in [2.05, 4.69) is 32.7 Å². The highest BCUT2D eigenvalue weighted by molar-refractivity contribution is 9.09. The third-order valence-corrected chi connectivity index (χ3v) is 5.48. The van der Waals surface area contributed by atoms with Gasteiger partial charge in [-0.1, -0.05) is 42.1 Å². The molecule has 0 N–H and O–H groups in total. The first-order valence-electron chi connectivity index (χ1n) is 7.35.